The van der Waals surface area contributed by atoms with Crippen LogP contribution in [0.1, 0.15) is 26.3 Å². The zero-order valence-corrected chi connectivity index (χ0v) is 19.0. The molecule has 11 heteroatoms. The van der Waals surface area contributed by atoms with Crippen molar-refractivity contribution in [3.05, 3.63) is 66.6 Å². The lowest BCUT2D eigenvalue weighted by Crippen LogP contribution is -2.26. The Morgan fingerprint density at radius 3 is 2.30 bits per heavy atom. The number of nitrogens with one attached hydrogen (secondary N) is 1. The van der Waals surface area contributed by atoms with Gasteiger partial charge in [0.15, 0.2) is 0 Å². The number of carbonyl (C=O) groups is 1. The van der Waals surface area contributed by atoms with E-state index in [9.17, 15) is 22.0 Å². The molecule has 0 saturated carbocycles. The molecule has 0 saturated heterocycles. The molecule has 3 aromatic rings. The summed E-state index contributed by atoms with van der Waals surface area (Å²) in [6, 6.07) is 13.0. The smallest absolute Gasteiger partial charge is 0.419 e. The first-order chi connectivity index (χ1) is 15.4. The van der Waals surface area contributed by atoms with Crippen molar-refractivity contribution >= 4 is 21.8 Å². The van der Waals surface area contributed by atoms with E-state index in [2.05, 4.69) is 4.98 Å². The van der Waals surface area contributed by atoms with Gasteiger partial charge in [0.05, 0.1) is 5.69 Å². The third-order valence-corrected chi connectivity index (χ3v) is 5.18. The maximum Gasteiger partial charge on any atom is 0.419 e. The van der Waals surface area contributed by atoms with Crippen molar-refractivity contribution in [1.29, 1.82) is 0 Å². The van der Waals surface area contributed by atoms with Gasteiger partial charge in [-0.3, -0.25) is 4.72 Å². The van der Waals surface area contributed by atoms with Crippen molar-refractivity contribution in [2.45, 2.75) is 38.7 Å². The Kier molecular flexibility index (Phi) is 7.01. The predicted molar refractivity (Wildman–Crippen MR) is 119 cm³/mol. The van der Waals surface area contributed by atoms with E-state index in [1.54, 1.807) is 68.1 Å². The van der Waals surface area contributed by atoms with E-state index in [-0.39, 0.29) is 12.3 Å². The molecule has 0 fully saturated rings. The van der Waals surface area contributed by atoms with Crippen molar-refractivity contribution in [2.75, 3.05) is 4.72 Å². The number of imidazole rings is 1. The average Bonchev–Trinajstić information content (AvgIpc) is 3.23. The second-order valence-electron chi connectivity index (χ2n) is 8.06. The van der Waals surface area contributed by atoms with Gasteiger partial charge in [-0.1, -0.05) is 12.1 Å². The Bertz CT molecular complexity index is 1200. The van der Waals surface area contributed by atoms with E-state index in [1.165, 1.54) is 23.0 Å². The summed E-state index contributed by atoms with van der Waals surface area (Å²) in [5.74, 6) is -2.93. The first kappa shape index (κ1) is 24.2. The van der Waals surface area contributed by atoms with Gasteiger partial charge in [0.2, 0.25) is 0 Å². The van der Waals surface area contributed by atoms with E-state index >= 15 is 0 Å². The second kappa shape index (κ2) is 9.57. The number of nitrogens with zero attached hydrogens (tertiary/aromatic N) is 2. The first-order valence-electron chi connectivity index (χ1n) is 9.82. The van der Waals surface area contributed by atoms with Crippen LogP contribution in [0.2, 0.25) is 0 Å². The maximum atomic E-state index is 12.4. The van der Waals surface area contributed by atoms with Gasteiger partial charge in [-0.2, -0.15) is 8.78 Å². The molecule has 0 aliphatic carbocycles. The average molecular weight is 480 g/mol. The van der Waals surface area contributed by atoms with Crippen LogP contribution >= 0.6 is 0 Å². The summed E-state index contributed by atoms with van der Waals surface area (Å²) in [7, 11) is -4.70. The summed E-state index contributed by atoms with van der Waals surface area (Å²) in [5, 5.41) is 0. The molecule has 0 unspecified atom stereocenters. The fourth-order valence-electron chi connectivity index (χ4n) is 2.65. The van der Waals surface area contributed by atoms with Crippen molar-refractivity contribution < 1.29 is 31.5 Å². The number of ether oxygens (including phenoxy) is 2. The number of halogens is 2. The lowest BCUT2D eigenvalue weighted by atomic mass is 10.1. The molecule has 1 heterocycles. The van der Waals surface area contributed by atoms with Crippen LogP contribution < -0.4 is 9.46 Å². The van der Waals surface area contributed by atoms with Gasteiger partial charge in [-0.15, -0.1) is 0 Å². The maximum absolute atomic E-state index is 12.4. The van der Waals surface area contributed by atoms with Gasteiger partial charge >= 0.3 is 11.9 Å². The molecular weight excluding hydrogens is 456 g/mol. The molecular formula is C22H23F2N3O5S. The van der Waals surface area contributed by atoms with E-state index < -0.39 is 27.5 Å². The molecule has 0 atom stereocenters. The minimum Gasteiger partial charge on any atom is -0.489 e. The number of benzene rings is 2. The Hall–Kier alpha value is -3.47. The van der Waals surface area contributed by atoms with Crippen LogP contribution in [-0.4, -0.2) is 35.4 Å². The van der Waals surface area contributed by atoms with Crippen molar-refractivity contribution in [3.8, 4) is 17.0 Å². The van der Waals surface area contributed by atoms with Crippen LogP contribution in [0.15, 0.2) is 61.1 Å². The van der Waals surface area contributed by atoms with Crippen LogP contribution in [-0.2, 0) is 21.4 Å². The van der Waals surface area contributed by atoms with Gasteiger partial charge in [0, 0.05) is 17.4 Å². The second-order valence-corrected chi connectivity index (χ2v) is 9.71. The van der Waals surface area contributed by atoms with Gasteiger partial charge < -0.3 is 9.47 Å². The molecule has 33 heavy (non-hydrogen) atoms. The molecule has 8 nitrogen and oxygen atoms in total. The lowest BCUT2D eigenvalue weighted by Gasteiger charge is -2.19. The van der Waals surface area contributed by atoms with E-state index in [0.29, 0.717) is 11.4 Å². The van der Waals surface area contributed by atoms with Crippen LogP contribution in [0.3, 0.4) is 0 Å². The van der Waals surface area contributed by atoms with E-state index in [0.717, 1.165) is 11.1 Å². The minimum atomic E-state index is -4.70. The normalized spacial score (nSPS) is 11.9. The summed E-state index contributed by atoms with van der Waals surface area (Å²) in [4.78, 5) is 16.3. The molecule has 0 radical (unpaired) electrons. The van der Waals surface area contributed by atoms with Crippen molar-refractivity contribution in [1.82, 2.24) is 9.55 Å². The topological polar surface area (TPSA) is 99.5 Å². The molecule has 0 spiro atoms. The summed E-state index contributed by atoms with van der Waals surface area (Å²) < 4.78 is 61.3. The summed E-state index contributed by atoms with van der Waals surface area (Å²) in [5.41, 5.74) is 1.51. The first-order valence-corrected chi connectivity index (χ1v) is 11.4. The highest BCUT2D eigenvalue weighted by molar-refractivity contribution is 7.93. The lowest BCUT2D eigenvalue weighted by molar-refractivity contribution is 0.0536. The summed E-state index contributed by atoms with van der Waals surface area (Å²) in [6.45, 7) is 5.54. The fourth-order valence-corrected chi connectivity index (χ4v) is 3.21. The Labute approximate surface area is 190 Å². The molecule has 176 valence electrons. The minimum absolute atomic E-state index is 0.0363. The number of rotatable bonds is 7. The Morgan fingerprint density at radius 1 is 1.09 bits per heavy atom. The fraction of sp³-hybridized carbons (Fsp3) is 0.273. The molecule has 1 N–H and O–H groups in total. The third kappa shape index (κ3) is 6.75. The van der Waals surface area contributed by atoms with Crippen molar-refractivity contribution in [3.63, 3.8) is 0 Å². The molecule has 0 bridgehead atoms. The zero-order valence-electron chi connectivity index (χ0n) is 18.2. The predicted octanol–water partition coefficient (Wildman–Crippen LogP) is 4.88. The molecule has 3 rings (SSSR count). The monoisotopic (exact) mass is 479 g/mol. The SMILES string of the molecule is CC(C)(C)OC(=O)n1cnc(-c2ccc(OCc3ccc(NS(=O)(=O)C(F)F)cc3)cc2)c1. The largest absolute Gasteiger partial charge is 0.489 e. The van der Waals surface area contributed by atoms with Gasteiger partial charge in [0.1, 0.15) is 24.3 Å². The molecule has 2 aromatic carbocycles. The number of hydrogen-bond acceptors (Lipinski definition) is 6. The quantitative estimate of drug-likeness (QED) is 0.519. The Morgan fingerprint density at radius 2 is 1.73 bits per heavy atom. The van der Waals surface area contributed by atoms with Gasteiger partial charge in [-0.25, -0.2) is 22.8 Å². The van der Waals surface area contributed by atoms with Crippen LogP contribution in [0, 0.1) is 0 Å². The molecule has 0 aliphatic rings. The number of hydrogen-bond donors (Lipinski definition) is 1. The molecule has 0 amide bonds. The number of alkyl halides is 2. The highest BCUT2D eigenvalue weighted by Gasteiger charge is 2.23. The Balaban J connectivity index is 1.58. The van der Waals surface area contributed by atoms with Gasteiger partial charge in [0.25, 0.3) is 10.0 Å². The number of carbonyl (C=O) groups excluding carboxylic acids is 1. The molecule has 1 aromatic heterocycles. The number of sulfonamides is 1. The molecule has 0 aliphatic heterocycles. The summed E-state index contributed by atoms with van der Waals surface area (Å²) in [6.07, 6.45) is 2.45. The van der Waals surface area contributed by atoms with Crippen LogP contribution in [0.25, 0.3) is 11.3 Å². The highest BCUT2D eigenvalue weighted by Crippen LogP contribution is 2.22. The van der Waals surface area contributed by atoms with Crippen LogP contribution in [0.4, 0.5) is 19.3 Å². The van der Waals surface area contributed by atoms with E-state index in [4.69, 9.17) is 9.47 Å². The zero-order chi connectivity index (χ0) is 24.2. The highest BCUT2D eigenvalue weighted by atomic mass is 32.2. The van der Waals surface area contributed by atoms with Crippen molar-refractivity contribution in [2.24, 2.45) is 0 Å². The van der Waals surface area contributed by atoms with E-state index in [1.807, 2.05) is 0 Å². The number of anilines is 1. The summed E-state index contributed by atoms with van der Waals surface area (Å²) >= 11 is 0. The standard InChI is InChI=1S/C22H23F2N3O5S/c1-22(2,3)32-21(28)27-12-19(25-14-27)16-6-10-18(11-7-16)31-13-15-4-8-17(9-5-15)26-33(29,30)20(23)24/h4-12,14,20,26H,13H2,1-3H3. The van der Waals surface area contributed by atoms with Crippen LogP contribution in [0.5, 0.6) is 5.75 Å². The third-order valence-electron chi connectivity index (χ3n) is 4.19. The van der Waals surface area contributed by atoms with Gasteiger partial charge in [-0.05, 0) is 62.7 Å². The number of aromatic nitrogens is 2.